The topological polar surface area (TPSA) is 26.0 Å². The lowest BCUT2D eigenvalue weighted by Crippen LogP contribution is -1.86. The molecule has 1 aromatic carbocycles. The zero-order valence-corrected chi connectivity index (χ0v) is 26.3. The number of fused-ring (bicyclic) bond motifs is 6. The van der Waals surface area contributed by atoms with Crippen LogP contribution in [0, 0.1) is 6.92 Å². The molecule has 0 aliphatic heterocycles. The van der Waals surface area contributed by atoms with E-state index in [1.54, 1.807) is 11.3 Å². The third kappa shape index (κ3) is 3.73. The van der Waals surface area contributed by atoms with Gasteiger partial charge >= 0.3 is 0 Å². The number of anilines is 1. The van der Waals surface area contributed by atoms with E-state index in [9.17, 15) is 0 Å². The summed E-state index contributed by atoms with van der Waals surface area (Å²) in [5.74, 6) is 0. The summed E-state index contributed by atoms with van der Waals surface area (Å²) in [7, 11) is 0. The van der Waals surface area contributed by atoms with Crippen molar-refractivity contribution in [1.29, 1.82) is 0 Å². The highest BCUT2D eigenvalue weighted by atomic mass is 32.1. The average molecular weight is 624 g/mol. The Labute approximate surface area is 256 Å². The van der Waals surface area contributed by atoms with Gasteiger partial charge in [0.15, 0.2) is 0 Å². The minimum atomic E-state index is 0.875. The fourth-order valence-electron chi connectivity index (χ4n) is 5.89. The lowest BCUT2D eigenvalue weighted by atomic mass is 10.0. The molecule has 6 aromatic heterocycles. The van der Waals surface area contributed by atoms with E-state index >= 15 is 0 Å². The zero-order chi connectivity index (χ0) is 26.5. The van der Waals surface area contributed by atoms with Gasteiger partial charge in [0.25, 0.3) is 0 Å². The van der Waals surface area contributed by atoms with Gasteiger partial charge in [-0.25, -0.2) is 0 Å². The zero-order valence-electron chi connectivity index (χ0n) is 21.4. The second-order valence-corrected chi connectivity index (χ2v) is 17.1. The Morgan fingerprint density at radius 3 is 1.38 bits per heavy atom. The highest BCUT2D eigenvalue weighted by molar-refractivity contribution is 7.28. The Kier molecular flexibility index (Phi) is 5.29. The van der Waals surface area contributed by atoms with Gasteiger partial charge in [-0.15, -0.1) is 68.0 Å². The van der Waals surface area contributed by atoms with Gasteiger partial charge in [0.1, 0.15) is 0 Å². The number of hydrogen-bond donors (Lipinski definition) is 1. The Hall–Kier alpha value is -2.78. The largest absolute Gasteiger partial charge is 0.391 e. The maximum absolute atomic E-state index is 5.97. The van der Waals surface area contributed by atoms with E-state index in [1.807, 2.05) is 62.8 Å². The van der Waals surface area contributed by atoms with Crippen LogP contribution in [0.3, 0.4) is 0 Å². The van der Waals surface area contributed by atoms with Crippen molar-refractivity contribution in [3.63, 3.8) is 0 Å². The Balaban J connectivity index is 1.02. The Morgan fingerprint density at radius 1 is 0.450 bits per heavy atom. The van der Waals surface area contributed by atoms with E-state index < -0.39 is 0 Å². The number of nitrogens with two attached hydrogens (primary N) is 1. The number of benzene rings is 1. The van der Waals surface area contributed by atoms with E-state index in [0.717, 1.165) is 17.8 Å². The van der Waals surface area contributed by atoms with Crippen LogP contribution in [0.5, 0.6) is 0 Å². The lowest BCUT2D eigenvalue weighted by molar-refractivity contribution is 1.24. The number of rotatable bonds is 4. The molecule has 0 saturated carbocycles. The molecule has 7 aromatic rings. The molecule has 194 valence electrons. The molecule has 0 atom stereocenters. The van der Waals surface area contributed by atoms with Crippen molar-refractivity contribution in [2.45, 2.75) is 19.8 Å². The third-order valence-electron chi connectivity index (χ3n) is 7.75. The molecule has 0 fully saturated rings. The molecule has 0 amide bonds. The van der Waals surface area contributed by atoms with Crippen molar-refractivity contribution in [2.75, 3.05) is 5.73 Å². The van der Waals surface area contributed by atoms with Gasteiger partial charge in [0, 0.05) is 53.6 Å². The summed E-state index contributed by atoms with van der Waals surface area (Å²) in [5, 5.41) is 0.875. The minimum absolute atomic E-state index is 0.875. The fourth-order valence-corrected chi connectivity index (χ4v) is 12.4. The van der Waals surface area contributed by atoms with Crippen molar-refractivity contribution < 1.29 is 0 Å². The molecule has 9 rings (SSSR count). The summed E-state index contributed by atoms with van der Waals surface area (Å²) >= 11 is 11.3. The summed E-state index contributed by atoms with van der Waals surface area (Å²) in [6.45, 7) is 2.18. The molecular weight excluding hydrogens is 603 g/mol. The van der Waals surface area contributed by atoms with Gasteiger partial charge in [0.05, 0.1) is 5.00 Å². The molecule has 0 spiro atoms. The van der Waals surface area contributed by atoms with Crippen LogP contribution in [0.2, 0.25) is 0 Å². The first kappa shape index (κ1) is 23.9. The van der Waals surface area contributed by atoms with Gasteiger partial charge in [-0.2, -0.15) is 0 Å². The second kappa shape index (κ2) is 8.86. The van der Waals surface area contributed by atoms with Gasteiger partial charge in [-0.1, -0.05) is 0 Å². The Morgan fingerprint density at radius 2 is 0.900 bits per heavy atom. The molecule has 2 aliphatic carbocycles. The highest BCUT2D eigenvalue weighted by Gasteiger charge is 2.29. The van der Waals surface area contributed by atoms with Crippen LogP contribution in [0.25, 0.3) is 59.9 Å². The summed E-state index contributed by atoms with van der Waals surface area (Å²) in [6, 6.07) is 27.6. The van der Waals surface area contributed by atoms with Gasteiger partial charge in [-0.05, 0) is 126 Å². The Bertz CT molecular complexity index is 1950. The number of nitrogen functional groups attached to an aromatic ring is 1. The first-order chi connectivity index (χ1) is 19.6. The van der Waals surface area contributed by atoms with Crippen LogP contribution in [-0.2, 0) is 12.8 Å². The first-order valence-corrected chi connectivity index (χ1v) is 18.0. The van der Waals surface area contributed by atoms with Crippen LogP contribution in [0.4, 0.5) is 5.00 Å². The predicted molar refractivity (Wildman–Crippen MR) is 181 cm³/mol. The molecule has 0 radical (unpaired) electrons. The maximum atomic E-state index is 5.97. The first-order valence-electron chi connectivity index (χ1n) is 13.1. The molecule has 7 heteroatoms. The van der Waals surface area contributed by atoms with Crippen LogP contribution in [0.15, 0.2) is 72.8 Å². The van der Waals surface area contributed by atoms with E-state index in [-0.39, 0.29) is 0 Å². The summed E-state index contributed by atoms with van der Waals surface area (Å²) in [6.07, 6.45) is 2.08. The van der Waals surface area contributed by atoms with Crippen molar-refractivity contribution in [3.05, 3.63) is 99.9 Å². The maximum Gasteiger partial charge on any atom is 0.0863 e. The lowest BCUT2D eigenvalue weighted by Gasteiger charge is -2.06. The number of hydrogen-bond acceptors (Lipinski definition) is 7. The molecule has 2 aliphatic rings. The number of thiophene rings is 6. The average Bonchev–Trinajstić information content (AvgIpc) is 3.74. The molecular formula is C33H21NS6. The molecule has 1 nitrogen and oxygen atoms in total. The van der Waals surface area contributed by atoms with Crippen molar-refractivity contribution in [1.82, 2.24) is 0 Å². The van der Waals surface area contributed by atoms with E-state index in [4.69, 9.17) is 5.73 Å². The molecule has 0 unspecified atom stereocenters. The third-order valence-corrected chi connectivity index (χ3v) is 15.0. The predicted octanol–water partition coefficient (Wildman–Crippen LogP) is 11.8. The summed E-state index contributed by atoms with van der Waals surface area (Å²) < 4.78 is 0. The van der Waals surface area contributed by atoms with Crippen molar-refractivity contribution >= 4 is 73.0 Å². The normalized spacial score (nSPS) is 13.0. The minimum Gasteiger partial charge on any atom is -0.391 e. The standard InChI is InChI=1S/C33H21NS6/c1-16-2-3-23(35-16)24-4-6-27(36-24)29-14-19-10-17-13-22-18(12-21(17)32(19)39-29)11-20-15-30(40-33(20)22)28-7-5-25(37-28)26-8-9-31(34)38-26/h2-9,12-15H,10-11,34H2,1H3. The number of aryl methyl sites for hydroxylation is 1. The van der Waals surface area contributed by atoms with E-state index in [1.165, 1.54) is 87.0 Å². The van der Waals surface area contributed by atoms with Gasteiger partial charge in [-0.3, -0.25) is 0 Å². The molecule has 0 bridgehead atoms. The molecule has 2 N–H and O–H groups in total. The van der Waals surface area contributed by atoms with Crippen LogP contribution in [-0.4, -0.2) is 0 Å². The summed E-state index contributed by atoms with van der Waals surface area (Å²) in [5.41, 5.74) is 14.8. The molecule has 6 heterocycles. The smallest absolute Gasteiger partial charge is 0.0863 e. The van der Waals surface area contributed by atoms with E-state index in [2.05, 4.69) is 73.7 Å². The van der Waals surface area contributed by atoms with E-state index in [0.29, 0.717) is 0 Å². The van der Waals surface area contributed by atoms with Gasteiger partial charge in [0.2, 0.25) is 0 Å². The van der Waals surface area contributed by atoms with Crippen LogP contribution < -0.4 is 5.73 Å². The fraction of sp³-hybridized carbons (Fsp3) is 0.0909. The molecule has 40 heavy (non-hydrogen) atoms. The highest BCUT2D eigenvalue weighted by Crippen LogP contribution is 2.53. The summed E-state index contributed by atoms with van der Waals surface area (Å²) in [4.78, 5) is 15.2. The monoisotopic (exact) mass is 623 g/mol. The van der Waals surface area contributed by atoms with Crippen LogP contribution >= 0.6 is 68.0 Å². The second-order valence-electron chi connectivity index (χ2n) is 10.4. The quantitative estimate of drug-likeness (QED) is 0.207. The van der Waals surface area contributed by atoms with Crippen molar-refractivity contribution in [3.8, 4) is 59.9 Å². The van der Waals surface area contributed by atoms with Crippen LogP contribution in [0.1, 0.15) is 27.1 Å². The SMILES string of the molecule is Cc1ccc(-c2ccc(-c3cc4c(s3)-c3cc5c(cc3C4)-c3sc(-c4ccc(-c6ccc(N)s6)s4)cc3C5)s2)s1. The van der Waals surface area contributed by atoms with Gasteiger partial charge < -0.3 is 5.73 Å². The van der Waals surface area contributed by atoms with Crippen molar-refractivity contribution in [2.24, 2.45) is 0 Å². The molecule has 0 saturated heterocycles.